The van der Waals surface area contributed by atoms with Crippen molar-refractivity contribution >= 4 is 24.0 Å². The molecule has 90 valence electrons. The standard InChI is InChI=1S/C14H14ClN.ClH/c15-14-6-4-12(5-7-14)13-3-1-2-11(10-13)8-9-16;/h1-7,10H,8-9,16H2;1H. The molecule has 0 spiro atoms. The van der Waals surface area contributed by atoms with Gasteiger partial charge in [-0.2, -0.15) is 0 Å². The number of nitrogens with two attached hydrogens (primary N) is 1. The second kappa shape index (κ2) is 6.65. The van der Waals surface area contributed by atoms with Crippen molar-refractivity contribution in [2.24, 2.45) is 5.73 Å². The van der Waals surface area contributed by atoms with Crippen LogP contribution in [0.2, 0.25) is 5.02 Å². The van der Waals surface area contributed by atoms with E-state index in [0.29, 0.717) is 6.54 Å². The van der Waals surface area contributed by atoms with Crippen molar-refractivity contribution in [1.29, 1.82) is 0 Å². The number of hydrogen-bond donors (Lipinski definition) is 1. The fourth-order valence-corrected chi connectivity index (χ4v) is 1.84. The summed E-state index contributed by atoms with van der Waals surface area (Å²) in [7, 11) is 0. The smallest absolute Gasteiger partial charge is 0.0406 e. The molecule has 0 fully saturated rings. The monoisotopic (exact) mass is 267 g/mol. The number of benzene rings is 2. The van der Waals surface area contributed by atoms with Crippen molar-refractivity contribution in [3.8, 4) is 11.1 Å². The van der Waals surface area contributed by atoms with E-state index < -0.39 is 0 Å². The summed E-state index contributed by atoms with van der Waals surface area (Å²) < 4.78 is 0. The molecule has 0 unspecified atom stereocenters. The Morgan fingerprint density at radius 3 is 2.29 bits per heavy atom. The first-order chi connectivity index (χ1) is 7.79. The Morgan fingerprint density at radius 1 is 0.941 bits per heavy atom. The third-order valence-electron chi connectivity index (χ3n) is 2.54. The van der Waals surface area contributed by atoms with Crippen LogP contribution >= 0.6 is 24.0 Å². The second-order valence-corrected chi connectivity index (χ2v) is 4.18. The fourth-order valence-electron chi connectivity index (χ4n) is 1.72. The molecule has 0 atom stereocenters. The van der Waals surface area contributed by atoms with E-state index in [1.165, 1.54) is 16.7 Å². The third-order valence-corrected chi connectivity index (χ3v) is 2.79. The Bertz CT molecular complexity index is 466. The molecule has 2 aromatic carbocycles. The summed E-state index contributed by atoms with van der Waals surface area (Å²) in [5.74, 6) is 0. The normalized spacial score (nSPS) is 9.76. The lowest BCUT2D eigenvalue weighted by atomic mass is 10.0. The number of hydrogen-bond acceptors (Lipinski definition) is 1. The van der Waals surface area contributed by atoms with Gasteiger partial charge < -0.3 is 5.73 Å². The van der Waals surface area contributed by atoms with Crippen molar-refractivity contribution in [2.45, 2.75) is 6.42 Å². The van der Waals surface area contributed by atoms with Crippen LogP contribution in [-0.4, -0.2) is 6.54 Å². The highest BCUT2D eigenvalue weighted by molar-refractivity contribution is 6.30. The van der Waals surface area contributed by atoms with E-state index >= 15 is 0 Å². The van der Waals surface area contributed by atoms with Crippen molar-refractivity contribution in [3.63, 3.8) is 0 Å². The van der Waals surface area contributed by atoms with Gasteiger partial charge in [0, 0.05) is 5.02 Å². The predicted octanol–water partition coefficient (Wildman–Crippen LogP) is 3.93. The highest BCUT2D eigenvalue weighted by atomic mass is 35.5. The third kappa shape index (κ3) is 3.74. The van der Waals surface area contributed by atoms with Crippen molar-refractivity contribution in [2.75, 3.05) is 6.54 Å². The van der Waals surface area contributed by atoms with Crippen LogP contribution in [0.25, 0.3) is 11.1 Å². The van der Waals surface area contributed by atoms with Crippen LogP contribution in [0.4, 0.5) is 0 Å². The molecule has 0 aliphatic carbocycles. The summed E-state index contributed by atoms with van der Waals surface area (Å²) in [4.78, 5) is 0. The Balaban J connectivity index is 0.00000144. The van der Waals surface area contributed by atoms with Gasteiger partial charge in [0.25, 0.3) is 0 Å². The van der Waals surface area contributed by atoms with E-state index in [1.54, 1.807) is 0 Å². The molecule has 0 saturated carbocycles. The SMILES string of the molecule is Cl.NCCc1cccc(-c2ccc(Cl)cc2)c1. The first-order valence-electron chi connectivity index (χ1n) is 5.34. The summed E-state index contributed by atoms with van der Waals surface area (Å²) in [6.45, 7) is 0.685. The summed E-state index contributed by atoms with van der Waals surface area (Å²) in [5.41, 5.74) is 9.22. The van der Waals surface area contributed by atoms with Crippen LogP contribution in [0, 0.1) is 0 Å². The molecule has 2 N–H and O–H groups in total. The Labute approximate surface area is 113 Å². The molecule has 0 aromatic heterocycles. The van der Waals surface area contributed by atoms with Crippen LogP contribution < -0.4 is 5.73 Å². The molecule has 0 bridgehead atoms. The highest BCUT2D eigenvalue weighted by Gasteiger charge is 1.98. The van der Waals surface area contributed by atoms with Crippen molar-refractivity contribution < 1.29 is 0 Å². The zero-order valence-corrected chi connectivity index (χ0v) is 11.0. The van der Waals surface area contributed by atoms with Crippen LogP contribution in [0.3, 0.4) is 0 Å². The van der Waals surface area contributed by atoms with Crippen LogP contribution in [0.5, 0.6) is 0 Å². The van der Waals surface area contributed by atoms with Crippen LogP contribution in [0.15, 0.2) is 48.5 Å². The van der Waals surface area contributed by atoms with Gasteiger partial charge in [-0.25, -0.2) is 0 Å². The lowest BCUT2D eigenvalue weighted by molar-refractivity contribution is 0.969. The van der Waals surface area contributed by atoms with Gasteiger partial charge in [-0.3, -0.25) is 0 Å². The summed E-state index contributed by atoms with van der Waals surface area (Å²) in [5, 5.41) is 0.766. The first kappa shape index (κ1) is 14.0. The molecular formula is C14H15Cl2N. The summed E-state index contributed by atoms with van der Waals surface area (Å²) >= 11 is 5.86. The average molecular weight is 268 g/mol. The summed E-state index contributed by atoms with van der Waals surface area (Å²) in [6.07, 6.45) is 0.918. The molecule has 0 radical (unpaired) electrons. The van der Waals surface area contributed by atoms with Crippen LogP contribution in [0.1, 0.15) is 5.56 Å². The number of halogens is 2. The molecule has 1 nitrogen and oxygen atoms in total. The minimum absolute atomic E-state index is 0. The van der Waals surface area contributed by atoms with E-state index in [9.17, 15) is 0 Å². The van der Waals surface area contributed by atoms with Gasteiger partial charge in [0.05, 0.1) is 0 Å². The highest BCUT2D eigenvalue weighted by Crippen LogP contribution is 2.22. The largest absolute Gasteiger partial charge is 0.330 e. The maximum atomic E-state index is 5.86. The van der Waals surface area contributed by atoms with Gasteiger partial charge in [-0.1, -0.05) is 48.0 Å². The fraction of sp³-hybridized carbons (Fsp3) is 0.143. The van der Waals surface area contributed by atoms with Gasteiger partial charge in [-0.15, -0.1) is 12.4 Å². The van der Waals surface area contributed by atoms with E-state index in [2.05, 4.69) is 24.3 Å². The van der Waals surface area contributed by atoms with Gasteiger partial charge >= 0.3 is 0 Å². The molecule has 2 aromatic rings. The van der Waals surface area contributed by atoms with E-state index in [1.807, 2.05) is 24.3 Å². The molecular weight excluding hydrogens is 253 g/mol. The predicted molar refractivity (Wildman–Crippen MR) is 76.9 cm³/mol. The first-order valence-corrected chi connectivity index (χ1v) is 5.72. The molecule has 0 saturated heterocycles. The maximum absolute atomic E-state index is 5.86. The van der Waals surface area contributed by atoms with Gasteiger partial charge in [-0.05, 0) is 41.8 Å². The van der Waals surface area contributed by atoms with E-state index in [0.717, 1.165) is 11.4 Å². The topological polar surface area (TPSA) is 26.0 Å². The molecule has 0 aliphatic heterocycles. The van der Waals surface area contributed by atoms with Gasteiger partial charge in [0.2, 0.25) is 0 Å². The Morgan fingerprint density at radius 2 is 1.65 bits per heavy atom. The molecule has 0 amide bonds. The second-order valence-electron chi connectivity index (χ2n) is 3.75. The zero-order valence-electron chi connectivity index (χ0n) is 9.40. The lowest BCUT2D eigenvalue weighted by Gasteiger charge is -2.04. The molecule has 0 heterocycles. The van der Waals surface area contributed by atoms with E-state index in [-0.39, 0.29) is 12.4 Å². The number of rotatable bonds is 3. The Hall–Kier alpha value is -1.02. The minimum Gasteiger partial charge on any atom is -0.330 e. The van der Waals surface area contributed by atoms with Crippen molar-refractivity contribution in [3.05, 3.63) is 59.1 Å². The lowest BCUT2D eigenvalue weighted by Crippen LogP contribution is -2.02. The molecule has 17 heavy (non-hydrogen) atoms. The zero-order chi connectivity index (χ0) is 11.4. The quantitative estimate of drug-likeness (QED) is 0.896. The van der Waals surface area contributed by atoms with E-state index in [4.69, 9.17) is 17.3 Å². The van der Waals surface area contributed by atoms with Crippen LogP contribution in [-0.2, 0) is 6.42 Å². The molecule has 0 aliphatic rings. The van der Waals surface area contributed by atoms with Crippen molar-refractivity contribution in [1.82, 2.24) is 0 Å². The summed E-state index contributed by atoms with van der Waals surface area (Å²) in [6, 6.07) is 16.3. The minimum atomic E-state index is 0. The Kier molecular flexibility index (Phi) is 5.49. The molecule has 2 rings (SSSR count). The van der Waals surface area contributed by atoms with Gasteiger partial charge in [0.15, 0.2) is 0 Å². The maximum Gasteiger partial charge on any atom is 0.0406 e. The molecule has 3 heteroatoms. The average Bonchev–Trinajstić information content (AvgIpc) is 2.31. The van der Waals surface area contributed by atoms with Gasteiger partial charge in [0.1, 0.15) is 0 Å².